The van der Waals surface area contributed by atoms with Crippen LogP contribution in [-0.2, 0) is 17.6 Å². The van der Waals surface area contributed by atoms with Crippen molar-refractivity contribution in [3.63, 3.8) is 0 Å². The Morgan fingerprint density at radius 2 is 1.10 bits per heavy atom. The lowest BCUT2D eigenvalue weighted by molar-refractivity contribution is -0.113. The summed E-state index contributed by atoms with van der Waals surface area (Å²) >= 11 is 0. The molecule has 3 nitrogen and oxygen atoms in total. The molecule has 0 aromatic heterocycles. The maximum absolute atomic E-state index is 13.9. The molecule has 152 valence electrons. The highest BCUT2D eigenvalue weighted by Crippen LogP contribution is 2.33. The second-order valence-corrected chi connectivity index (χ2v) is 8.49. The predicted molar refractivity (Wildman–Crippen MR) is 123 cm³/mol. The van der Waals surface area contributed by atoms with Crippen LogP contribution >= 0.6 is 0 Å². The van der Waals surface area contributed by atoms with Crippen molar-refractivity contribution in [1.29, 1.82) is 0 Å². The summed E-state index contributed by atoms with van der Waals surface area (Å²) in [5.41, 5.74) is 3.03. The second kappa shape index (κ2) is 8.19. The van der Waals surface area contributed by atoms with Gasteiger partial charge in [-0.2, -0.15) is 0 Å². The van der Waals surface area contributed by atoms with Crippen LogP contribution in [0.1, 0.15) is 25.0 Å². The number of nitrogens with one attached hydrogen (secondary N) is 2. The van der Waals surface area contributed by atoms with Crippen LogP contribution < -0.4 is 10.6 Å². The summed E-state index contributed by atoms with van der Waals surface area (Å²) in [5.74, 6) is 0.0839. The molecule has 3 heteroatoms. The van der Waals surface area contributed by atoms with Gasteiger partial charge in [-0.25, -0.2) is 0 Å². The minimum atomic E-state index is -0.469. The van der Waals surface area contributed by atoms with Gasteiger partial charge in [0.2, 0.25) is 0 Å². The van der Waals surface area contributed by atoms with E-state index in [9.17, 15) is 4.79 Å². The molecule has 0 saturated heterocycles. The van der Waals surface area contributed by atoms with Crippen LogP contribution in [-0.4, -0.2) is 16.9 Å². The SMILES string of the molecule is CC1(Cc2ccccc2)NC=CC=C1C(=O)C1=CC=CNC1(C)Cc1ccccc1. The summed E-state index contributed by atoms with van der Waals surface area (Å²) in [5, 5.41) is 6.91. The summed E-state index contributed by atoms with van der Waals surface area (Å²) in [6, 6.07) is 20.6. The molecule has 2 aromatic carbocycles. The molecule has 30 heavy (non-hydrogen) atoms. The zero-order valence-electron chi connectivity index (χ0n) is 17.6. The average Bonchev–Trinajstić information content (AvgIpc) is 2.75. The van der Waals surface area contributed by atoms with Crippen LogP contribution in [0.5, 0.6) is 0 Å². The Morgan fingerprint density at radius 1 is 0.700 bits per heavy atom. The van der Waals surface area contributed by atoms with Crippen molar-refractivity contribution in [2.45, 2.75) is 37.8 Å². The summed E-state index contributed by atoms with van der Waals surface area (Å²) < 4.78 is 0. The molecule has 0 bridgehead atoms. The Bertz CT molecular complexity index is 950. The van der Waals surface area contributed by atoms with Crippen molar-refractivity contribution in [3.8, 4) is 0 Å². The van der Waals surface area contributed by atoms with Gasteiger partial charge in [0.05, 0.1) is 11.1 Å². The summed E-state index contributed by atoms with van der Waals surface area (Å²) in [4.78, 5) is 13.9. The molecular formula is C27H28N2O. The van der Waals surface area contributed by atoms with E-state index in [1.165, 1.54) is 11.1 Å². The van der Waals surface area contributed by atoms with Gasteiger partial charge in [0.25, 0.3) is 0 Å². The van der Waals surface area contributed by atoms with Crippen LogP contribution in [0, 0.1) is 0 Å². The lowest BCUT2D eigenvalue weighted by atomic mass is 9.74. The topological polar surface area (TPSA) is 41.1 Å². The number of dihydropyridines is 2. The number of Topliss-reactive ketones (excluding diaryl/α,β-unsaturated/α-hetero) is 1. The van der Waals surface area contributed by atoms with Crippen molar-refractivity contribution >= 4 is 5.78 Å². The number of carbonyl (C=O) groups excluding carboxylic acids is 1. The number of hydrogen-bond donors (Lipinski definition) is 2. The van der Waals surface area contributed by atoms with Gasteiger partial charge >= 0.3 is 0 Å². The van der Waals surface area contributed by atoms with E-state index in [4.69, 9.17) is 0 Å². The first-order valence-electron chi connectivity index (χ1n) is 10.4. The van der Waals surface area contributed by atoms with Crippen LogP contribution in [0.15, 0.2) is 109 Å². The second-order valence-electron chi connectivity index (χ2n) is 8.49. The highest BCUT2D eigenvalue weighted by molar-refractivity contribution is 6.11. The first-order valence-corrected chi connectivity index (χ1v) is 10.4. The summed E-state index contributed by atoms with van der Waals surface area (Å²) in [6.45, 7) is 4.21. The molecule has 2 aliphatic rings. The van der Waals surface area contributed by atoms with E-state index in [2.05, 4.69) is 48.7 Å². The van der Waals surface area contributed by atoms with Crippen LogP contribution in [0.4, 0.5) is 0 Å². The highest BCUT2D eigenvalue weighted by Gasteiger charge is 2.40. The minimum absolute atomic E-state index is 0.0839. The summed E-state index contributed by atoms with van der Waals surface area (Å²) in [6.07, 6.45) is 13.1. The number of ketones is 1. The Morgan fingerprint density at radius 3 is 1.50 bits per heavy atom. The van der Waals surface area contributed by atoms with Gasteiger partial charge in [0.1, 0.15) is 0 Å². The molecule has 2 aromatic rings. The third kappa shape index (κ3) is 4.02. The smallest absolute Gasteiger partial charge is 0.189 e. The molecule has 0 spiro atoms. The predicted octanol–water partition coefficient (Wildman–Crippen LogP) is 4.64. The van der Waals surface area contributed by atoms with Gasteiger partial charge in [0, 0.05) is 11.1 Å². The van der Waals surface area contributed by atoms with E-state index < -0.39 is 11.1 Å². The normalized spacial score (nSPS) is 25.0. The fourth-order valence-corrected chi connectivity index (χ4v) is 4.37. The average molecular weight is 397 g/mol. The molecule has 2 N–H and O–H groups in total. The molecule has 0 radical (unpaired) electrons. The van der Waals surface area contributed by atoms with Crippen molar-refractivity contribution in [3.05, 3.63) is 120 Å². The molecule has 2 unspecified atom stereocenters. The van der Waals surface area contributed by atoms with E-state index in [1.54, 1.807) is 0 Å². The largest absolute Gasteiger partial charge is 0.381 e. The molecule has 0 amide bonds. The van der Waals surface area contributed by atoms with Gasteiger partial charge < -0.3 is 10.6 Å². The van der Waals surface area contributed by atoms with Crippen molar-refractivity contribution < 1.29 is 4.79 Å². The lowest BCUT2D eigenvalue weighted by Crippen LogP contribution is -2.51. The van der Waals surface area contributed by atoms with Gasteiger partial charge in [0.15, 0.2) is 5.78 Å². The Hall–Kier alpha value is -3.33. The van der Waals surface area contributed by atoms with Crippen molar-refractivity contribution in [2.24, 2.45) is 0 Å². The molecule has 0 fully saturated rings. The van der Waals surface area contributed by atoms with Gasteiger partial charge in [-0.15, -0.1) is 0 Å². The Kier molecular flexibility index (Phi) is 5.45. The van der Waals surface area contributed by atoms with Crippen LogP contribution in [0.25, 0.3) is 0 Å². The van der Waals surface area contributed by atoms with Gasteiger partial charge in [-0.1, -0.05) is 72.8 Å². The number of rotatable bonds is 6. The monoisotopic (exact) mass is 396 g/mol. The van der Waals surface area contributed by atoms with Crippen molar-refractivity contribution in [1.82, 2.24) is 10.6 Å². The Labute approximate surface area is 178 Å². The lowest BCUT2D eigenvalue weighted by Gasteiger charge is -2.39. The van der Waals surface area contributed by atoms with Gasteiger partial charge in [-0.3, -0.25) is 4.79 Å². The first-order chi connectivity index (χ1) is 14.5. The van der Waals surface area contributed by atoms with E-state index in [0.717, 1.165) is 24.0 Å². The number of benzene rings is 2. The zero-order chi connectivity index (χ0) is 21.0. The zero-order valence-corrected chi connectivity index (χ0v) is 17.6. The maximum Gasteiger partial charge on any atom is 0.189 e. The van der Waals surface area contributed by atoms with E-state index in [0.29, 0.717) is 0 Å². The molecular weight excluding hydrogens is 368 g/mol. The van der Waals surface area contributed by atoms with Gasteiger partial charge in [-0.05, 0) is 62.4 Å². The summed E-state index contributed by atoms with van der Waals surface area (Å²) in [7, 11) is 0. The molecule has 2 aliphatic heterocycles. The number of carbonyl (C=O) groups is 1. The van der Waals surface area contributed by atoms with Crippen LogP contribution in [0.3, 0.4) is 0 Å². The molecule has 0 saturated carbocycles. The molecule has 0 aliphatic carbocycles. The third-order valence-electron chi connectivity index (χ3n) is 6.00. The van der Waals surface area contributed by atoms with Crippen molar-refractivity contribution in [2.75, 3.05) is 0 Å². The fraction of sp³-hybridized carbons (Fsp3) is 0.222. The minimum Gasteiger partial charge on any atom is -0.381 e. The fourth-order valence-electron chi connectivity index (χ4n) is 4.37. The molecule has 4 rings (SSSR count). The highest BCUT2D eigenvalue weighted by atomic mass is 16.1. The standard InChI is InChI=1S/C27H28N2O/c1-26(19-21-11-5-3-6-12-21)23(15-9-17-28-26)25(30)24-16-10-18-29-27(24,2)20-22-13-7-4-8-14-22/h3-18,28-29H,19-20H2,1-2H3. The Balaban J connectivity index is 1.65. The van der Waals surface area contributed by atoms with Crippen LogP contribution in [0.2, 0.25) is 0 Å². The number of allylic oxidation sites excluding steroid dienone is 4. The molecule has 2 heterocycles. The van der Waals surface area contributed by atoms with E-state index in [-0.39, 0.29) is 5.78 Å². The van der Waals surface area contributed by atoms with E-state index >= 15 is 0 Å². The molecule has 2 atom stereocenters. The maximum atomic E-state index is 13.9. The quantitative estimate of drug-likeness (QED) is 0.747. The number of hydrogen-bond acceptors (Lipinski definition) is 3. The first kappa shape index (κ1) is 20.0. The third-order valence-corrected chi connectivity index (χ3v) is 6.00. The van der Waals surface area contributed by atoms with E-state index in [1.807, 2.05) is 73.1 Å².